The van der Waals surface area contributed by atoms with Gasteiger partial charge in [0, 0.05) is 52.2 Å². The van der Waals surface area contributed by atoms with E-state index in [1.807, 2.05) is 7.05 Å². The number of rotatable bonds is 4. The second-order valence-corrected chi connectivity index (χ2v) is 7.08. The molecular formula is C20H29IN4O. The maximum atomic E-state index is 5.58. The second kappa shape index (κ2) is 9.08. The predicted octanol–water partition coefficient (Wildman–Crippen LogP) is 2.30. The number of likely N-dealkylation sites (tertiary alicyclic amines) is 1. The van der Waals surface area contributed by atoms with Crippen molar-refractivity contribution in [2.24, 2.45) is 4.99 Å². The van der Waals surface area contributed by atoms with Gasteiger partial charge in [-0.15, -0.1) is 24.0 Å². The van der Waals surface area contributed by atoms with Crippen molar-refractivity contribution in [2.75, 3.05) is 46.4 Å². The maximum absolute atomic E-state index is 5.58. The Kier molecular flexibility index (Phi) is 6.80. The molecule has 1 aromatic rings. The smallest absolute Gasteiger partial charge is 0.193 e. The summed E-state index contributed by atoms with van der Waals surface area (Å²) < 4.78 is 5.58. The topological polar surface area (TPSA) is 40.1 Å². The Labute approximate surface area is 173 Å². The first-order valence-corrected chi connectivity index (χ1v) is 9.43. The van der Waals surface area contributed by atoms with Gasteiger partial charge in [-0.2, -0.15) is 0 Å². The van der Waals surface area contributed by atoms with E-state index >= 15 is 0 Å². The van der Waals surface area contributed by atoms with E-state index in [0.29, 0.717) is 6.04 Å². The van der Waals surface area contributed by atoms with E-state index < -0.39 is 0 Å². The zero-order valence-electron chi connectivity index (χ0n) is 15.5. The lowest BCUT2D eigenvalue weighted by molar-refractivity contribution is 0.259. The predicted molar refractivity (Wildman–Crippen MR) is 117 cm³/mol. The van der Waals surface area contributed by atoms with Crippen molar-refractivity contribution in [1.29, 1.82) is 0 Å². The first-order chi connectivity index (χ1) is 12.3. The van der Waals surface area contributed by atoms with Crippen LogP contribution in [0.2, 0.25) is 0 Å². The molecule has 0 aliphatic carbocycles. The zero-order chi connectivity index (χ0) is 17.1. The zero-order valence-corrected chi connectivity index (χ0v) is 17.8. The van der Waals surface area contributed by atoms with Gasteiger partial charge < -0.3 is 15.0 Å². The lowest BCUT2D eigenvalue weighted by atomic mass is 10.1. The minimum atomic E-state index is 0. The van der Waals surface area contributed by atoms with Gasteiger partial charge in [0.25, 0.3) is 0 Å². The van der Waals surface area contributed by atoms with Crippen LogP contribution in [-0.2, 0) is 12.8 Å². The van der Waals surface area contributed by atoms with Gasteiger partial charge in [0.2, 0.25) is 0 Å². The summed E-state index contributed by atoms with van der Waals surface area (Å²) in [5, 5.41) is 3.55. The van der Waals surface area contributed by atoms with E-state index in [9.17, 15) is 0 Å². The van der Waals surface area contributed by atoms with E-state index in [-0.39, 0.29) is 24.0 Å². The molecular weight excluding hydrogens is 439 g/mol. The minimum Gasteiger partial charge on any atom is -0.493 e. The van der Waals surface area contributed by atoms with E-state index in [0.717, 1.165) is 63.9 Å². The van der Waals surface area contributed by atoms with Crippen molar-refractivity contribution in [1.82, 2.24) is 15.1 Å². The highest BCUT2D eigenvalue weighted by Gasteiger charge is 2.29. The summed E-state index contributed by atoms with van der Waals surface area (Å²) in [4.78, 5) is 9.46. The summed E-state index contributed by atoms with van der Waals surface area (Å²) in [5.74, 6) is 2.10. The third kappa shape index (κ3) is 4.34. The first-order valence-electron chi connectivity index (χ1n) is 9.43. The monoisotopic (exact) mass is 468 g/mol. The Morgan fingerprint density at radius 2 is 2.15 bits per heavy atom. The molecule has 26 heavy (non-hydrogen) atoms. The van der Waals surface area contributed by atoms with Crippen LogP contribution in [0.3, 0.4) is 0 Å². The Balaban J connectivity index is 0.00000196. The highest BCUT2D eigenvalue weighted by Crippen LogP contribution is 2.26. The summed E-state index contributed by atoms with van der Waals surface area (Å²) in [6.45, 7) is 6.12. The molecule has 4 rings (SSSR count). The van der Waals surface area contributed by atoms with Crippen LogP contribution in [0.4, 0.5) is 0 Å². The SMILES string of the molecule is CN=C(NCCc1ccc2c(c1)CCO2)N1CCC(N2CC=CC2)C1.I. The number of fused-ring (bicyclic) bond motifs is 1. The fourth-order valence-corrected chi connectivity index (χ4v) is 4.07. The normalized spacial score (nSPS) is 22.3. The molecule has 0 bridgehead atoms. The Morgan fingerprint density at radius 1 is 1.31 bits per heavy atom. The van der Waals surface area contributed by atoms with E-state index in [4.69, 9.17) is 4.74 Å². The van der Waals surface area contributed by atoms with Crippen molar-refractivity contribution in [2.45, 2.75) is 25.3 Å². The van der Waals surface area contributed by atoms with Crippen LogP contribution < -0.4 is 10.1 Å². The average molecular weight is 468 g/mol. The Bertz CT molecular complexity index is 668. The molecule has 6 heteroatoms. The van der Waals surface area contributed by atoms with Crippen molar-refractivity contribution >= 4 is 29.9 Å². The van der Waals surface area contributed by atoms with Crippen LogP contribution in [0.25, 0.3) is 0 Å². The number of nitrogens with one attached hydrogen (secondary N) is 1. The van der Waals surface area contributed by atoms with Gasteiger partial charge in [-0.25, -0.2) is 0 Å². The average Bonchev–Trinajstić information content (AvgIpc) is 3.39. The number of halogens is 1. The van der Waals surface area contributed by atoms with Crippen molar-refractivity contribution in [3.63, 3.8) is 0 Å². The van der Waals surface area contributed by atoms with Crippen LogP contribution in [0.1, 0.15) is 17.5 Å². The van der Waals surface area contributed by atoms with Crippen LogP contribution in [0, 0.1) is 0 Å². The Hall–Kier alpha value is -1.28. The highest BCUT2D eigenvalue weighted by atomic mass is 127. The van der Waals surface area contributed by atoms with Gasteiger partial charge in [-0.3, -0.25) is 9.89 Å². The number of aliphatic imine (C=N–C) groups is 1. The van der Waals surface area contributed by atoms with E-state index in [2.05, 4.69) is 50.5 Å². The molecule has 0 amide bonds. The summed E-state index contributed by atoms with van der Waals surface area (Å²) in [6.07, 6.45) is 7.83. The molecule has 0 radical (unpaired) electrons. The molecule has 1 fully saturated rings. The quantitative estimate of drug-likeness (QED) is 0.319. The fourth-order valence-electron chi connectivity index (χ4n) is 4.07. The summed E-state index contributed by atoms with van der Waals surface area (Å²) in [7, 11) is 1.89. The van der Waals surface area contributed by atoms with Crippen molar-refractivity contribution in [3.05, 3.63) is 41.5 Å². The van der Waals surface area contributed by atoms with Crippen molar-refractivity contribution < 1.29 is 4.74 Å². The van der Waals surface area contributed by atoms with E-state index in [1.165, 1.54) is 17.5 Å². The van der Waals surface area contributed by atoms with Gasteiger partial charge in [0.1, 0.15) is 5.75 Å². The summed E-state index contributed by atoms with van der Waals surface area (Å²) >= 11 is 0. The molecule has 0 aromatic heterocycles. The molecule has 1 saturated heterocycles. The number of guanidine groups is 1. The highest BCUT2D eigenvalue weighted by molar-refractivity contribution is 14.0. The number of hydrogen-bond donors (Lipinski definition) is 1. The number of hydrogen-bond acceptors (Lipinski definition) is 3. The number of benzene rings is 1. The largest absolute Gasteiger partial charge is 0.493 e. The second-order valence-electron chi connectivity index (χ2n) is 7.08. The molecule has 3 aliphatic rings. The van der Waals surface area contributed by atoms with Crippen LogP contribution in [0.5, 0.6) is 5.75 Å². The fraction of sp³-hybridized carbons (Fsp3) is 0.550. The number of ether oxygens (including phenoxy) is 1. The van der Waals surface area contributed by atoms with Gasteiger partial charge in [-0.05, 0) is 30.0 Å². The summed E-state index contributed by atoms with van der Waals surface area (Å²) in [6, 6.07) is 7.24. The van der Waals surface area contributed by atoms with Gasteiger partial charge in [-0.1, -0.05) is 24.3 Å². The third-order valence-electron chi connectivity index (χ3n) is 5.49. The first kappa shape index (κ1) is 19.5. The van der Waals surface area contributed by atoms with Crippen molar-refractivity contribution in [3.8, 4) is 5.75 Å². The summed E-state index contributed by atoms with van der Waals surface area (Å²) in [5.41, 5.74) is 2.72. The molecule has 0 spiro atoms. The molecule has 0 saturated carbocycles. The lowest BCUT2D eigenvalue weighted by Gasteiger charge is -2.25. The maximum Gasteiger partial charge on any atom is 0.193 e. The molecule has 1 unspecified atom stereocenters. The molecule has 3 heterocycles. The van der Waals surface area contributed by atoms with E-state index in [1.54, 1.807) is 0 Å². The van der Waals surface area contributed by atoms with Gasteiger partial charge >= 0.3 is 0 Å². The minimum absolute atomic E-state index is 0. The van der Waals surface area contributed by atoms with Crippen LogP contribution in [0.15, 0.2) is 35.3 Å². The molecule has 3 aliphatic heterocycles. The van der Waals surface area contributed by atoms with Gasteiger partial charge in [0.15, 0.2) is 5.96 Å². The van der Waals surface area contributed by atoms with Crippen LogP contribution in [-0.4, -0.2) is 68.2 Å². The molecule has 142 valence electrons. The lowest BCUT2D eigenvalue weighted by Crippen LogP contribution is -2.43. The molecule has 1 N–H and O–H groups in total. The standard InChI is InChI=1S/C20H28N4O.HI/c1-21-20(24-12-7-18(15-24)23-10-2-3-11-23)22-9-6-16-4-5-19-17(14-16)8-13-25-19;/h2-5,14,18H,6-13,15H2,1H3,(H,21,22);1H. The molecule has 1 aromatic carbocycles. The van der Waals surface area contributed by atoms with Crippen LogP contribution >= 0.6 is 24.0 Å². The van der Waals surface area contributed by atoms with Gasteiger partial charge in [0.05, 0.1) is 6.61 Å². The molecule has 5 nitrogen and oxygen atoms in total. The number of nitrogens with zero attached hydrogens (tertiary/aromatic N) is 3. The molecule has 1 atom stereocenters. The third-order valence-corrected chi connectivity index (χ3v) is 5.49. The Morgan fingerprint density at radius 3 is 2.96 bits per heavy atom.